The highest BCUT2D eigenvalue weighted by atomic mass is 19.1. The van der Waals surface area contributed by atoms with E-state index in [1.54, 1.807) is 19.2 Å². The summed E-state index contributed by atoms with van der Waals surface area (Å²) >= 11 is 0. The minimum Gasteiger partial charge on any atom is -0.497 e. The molecule has 2 aliphatic heterocycles. The van der Waals surface area contributed by atoms with Gasteiger partial charge in [-0.15, -0.1) is 0 Å². The Bertz CT molecular complexity index is 912. The molecule has 2 aromatic rings. The fraction of sp³-hybridized carbons (Fsp3) is 0.480. The van der Waals surface area contributed by atoms with Crippen LogP contribution in [-0.2, 0) is 11.3 Å². The molecule has 2 aromatic carbocycles. The second kappa shape index (κ2) is 8.03. The molecule has 3 fully saturated rings. The summed E-state index contributed by atoms with van der Waals surface area (Å²) in [6.07, 6.45) is 3.09. The topological polar surface area (TPSA) is 32.8 Å². The highest BCUT2D eigenvalue weighted by molar-refractivity contribution is 5.82. The van der Waals surface area contributed by atoms with Gasteiger partial charge in [-0.1, -0.05) is 24.3 Å². The molecule has 3 aliphatic rings. The van der Waals surface area contributed by atoms with Crippen molar-refractivity contribution in [3.8, 4) is 5.75 Å². The van der Waals surface area contributed by atoms with Gasteiger partial charge in [-0.3, -0.25) is 9.69 Å². The number of hydrogen-bond donors (Lipinski definition) is 0. The van der Waals surface area contributed by atoms with Gasteiger partial charge in [0.15, 0.2) is 0 Å². The average Bonchev–Trinajstić information content (AvgIpc) is 3.54. The molecule has 0 N–H and O–H groups in total. The molecule has 4 nitrogen and oxygen atoms in total. The maximum Gasteiger partial charge on any atom is 0.225 e. The van der Waals surface area contributed by atoms with Crippen LogP contribution in [0.4, 0.5) is 4.39 Å². The molecule has 0 radical (unpaired) electrons. The lowest BCUT2D eigenvalue weighted by Gasteiger charge is -2.39. The summed E-state index contributed by atoms with van der Waals surface area (Å²) in [6.45, 7) is 3.45. The number of rotatable bonds is 5. The maximum absolute atomic E-state index is 13.6. The summed E-state index contributed by atoms with van der Waals surface area (Å²) in [5.41, 5.74) is 2.29. The van der Waals surface area contributed by atoms with Gasteiger partial charge in [0.25, 0.3) is 0 Å². The Balaban J connectivity index is 1.37. The molecule has 0 bridgehead atoms. The van der Waals surface area contributed by atoms with Crippen LogP contribution >= 0.6 is 0 Å². The standard InChI is InChI=1S/C25H29FN2O2/c1-30-21-9-7-18(8-10-21)22-16-28(25(29)19-5-6-19)24-11-12-27(15-23(22)24)14-17-3-2-4-20(26)13-17/h2-4,7-10,13,19,22-24H,5-6,11-12,14-16H2,1H3/t22-,23-,24-/m1/s1. The molecule has 5 heteroatoms. The smallest absolute Gasteiger partial charge is 0.225 e. The number of piperidine rings is 1. The molecular weight excluding hydrogens is 379 g/mol. The van der Waals surface area contributed by atoms with Crippen molar-refractivity contribution in [3.63, 3.8) is 0 Å². The largest absolute Gasteiger partial charge is 0.497 e. The van der Waals surface area contributed by atoms with Gasteiger partial charge in [-0.05, 0) is 54.7 Å². The number of methoxy groups -OCH3 is 1. The number of hydrogen-bond acceptors (Lipinski definition) is 3. The predicted octanol–water partition coefficient (Wildman–Crippen LogP) is 4.06. The summed E-state index contributed by atoms with van der Waals surface area (Å²) < 4.78 is 19.0. The van der Waals surface area contributed by atoms with E-state index < -0.39 is 0 Å². The van der Waals surface area contributed by atoms with Gasteiger partial charge in [0.05, 0.1) is 7.11 Å². The van der Waals surface area contributed by atoms with Crippen molar-refractivity contribution in [1.82, 2.24) is 9.80 Å². The van der Waals surface area contributed by atoms with Crippen molar-refractivity contribution in [1.29, 1.82) is 0 Å². The van der Waals surface area contributed by atoms with Gasteiger partial charge in [0.2, 0.25) is 5.91 Å². The first-order chi connectivity index (χ1) is 14.6. The highest BCUT2D eigenvalue weighted by Gasteiger charge is 2.49. The number of carbonyl (C=O) groups is 1. The molecule has 158 valence electrons. The molecule has 1 amide bonds. The Hall–Kier alpha value is -2.40. The lowest BCUT2D eigenvalue weighted by Crippen LogP contribution is -2.48. The van der Waals surface area contributed by atoms with Gasteiger partial charge in [0, 0.05) is 50.0 Å². The van der Waals surface area contributed by atoms with E-state index in [1.165, 1.54) is 11.6 Å². The SMILES string of the molecule is COc1ccc([C@H]2CN(C(=O)C3CC3)[C@@H]3CCN(Cc4cccc(F)c4)C[C@H]23)cc1. The van der Waals surface area contributed by atoms with E-state index >= 15 is 0 Å². The van der Waals surface area contributed by atoms with Crippen LogP contribution in [0.5, 0.6) is 5.75 Å². The summed E-state index contributed by atoms with van der Waals surface area (Å²) in [7, 11) is 1.68. The van der Waals surface area contributed by atoms with E-state index in [-0.39, 0.29) is 11.7 Å². The minimum absolute atomic E-state index is 0.180. The predicted molar refractivity (Wildman–Crippen MR) is 114 cm³/mol. The molecule has 3 atom stereocenters. The quantitative estimate of drug-likeness (QED) is 0.748. The molecule has 2 heterocycles. The fourth-order valence-electron chi connectivity index (χ4n) is 5.36. The number of ether oxygens (including phenoxy) is 1. The number of nitrogens with zero attached hydrogens (tertiary/aromatic N) is 2. The number of amides is 1. The number of halogens is 1. The van der Waals surface area contributed by atoms with Gasteiger partial charge in [-0.2, -0.15) is 0 Å². The van der Waals surface area contributed by atoms with Crippen LogP contribution in [0.1, 0.15) is 36.3 Å². The van der Waals surface area contributed by atoms with Crippen LogP contribution in [0, 0.1) is 17.7 Å². The Morgan fingerprint density at radius 1 is 1.10 bits per heavy atom. The second-order valence-corrected chi connectivity index (χ2v) is 9.03. The first-order valence-corrected chi connectivity index (χ1v) is 11.0. The Kier molecular flexibility index (Phi) is 5.23. The van der Waals surface area contributed by atoms with Crippen molar-refractivity contribution in [2.24, 2.45) is 11.8 Å². The van der Waals surface area contributed by atoms with E-state index in [4.69, 9.17) is 4.74 Å². The monoisotopic (exact) mass is 408 g/mol. The van der Waals surface area contributed by atoms with Crippen LogP contribution < -0.4 is 4.74 Å². The third kappa shape index (κ3) is 3.83. The molecule has 1 aliphatic carbocycles. The van der Waals surface area contributed by atoms with Gasteiger partial charge < -0.3 is 9.64 Å². The van der Waals surface area contributed by atoms with Crippen LogP contribution in [-0.4, -0.2) is 48.5 Å². The van der Waals surface area contributed by atoms with Gasteiger partial charge in [0.1, 0.15) is 11.6 Å². The fourth-order valence-corrected chi connectivity index (χ4v) is 5.36. The minimum atomic E-state index is -0.180. The summed E-state index contributed by atoms with van der Waals surface area (Å²) in [5.74, 6) is 2.03. The van der Waals surface area contributed by atoms with Crippen molar-refractivity contribution in [3.05, 3.63) is 65.5 Å². The Labute approximate surface area is 177 Å². The summed E-state index contributed by atoms with van der Waals surface area (Å²) in [6, 6.07) is 15.5. The first kappa shape index (κ1) is 19.6. The molecule has 0 unspecified atom stereocenters. The van der Waals surface area contributed by atoms with Crippen molar-refractivity contribution >= 4 is 5.91 Å². The maximum atomic E-state index is 13.6. The molecule has 1 saturated carbocycles. The van der Waals surface area contributed by atoms with E-state index in [9.17, 15) is 9.18 Å². The molecular formula is C25H29FN2O2. The zero-order valence-corrected chi connectivity index (χ0v) is 17.5. The number of fused-ring (bicyclic) bond motifs is 1. The highest BCUT2D eigenvalue weighted by Crippen LogP contribution is 2.44. The second-order valence-electron chi connectivity index (χ2n) is 9.03. The van der Waals surface area contributed by atoms with Crippen LogP contribution in [0.2, 0.25) is 0 Å². The van der Waals surface area contributed by atoms with Crippen molar-refractivity contribution in [2.75, 3.05) is 26.7 Å². The zero-order valence-electron chi connectivity index (χ0n) is 17.5. The van der Waals surface area contributed by atoms with Gasteiger partial charge in [-0.25, -0.2) is 4.39 Å². The number of likely N-dealkylation sites (tertiary alicyclic amines) is 2. The van der Waals surface area contributed by atoms with Crippen LogP contribution in [0.3, 0.4) is 0 Å². The normalized spacial score (nSPS) is 26.5. The number of benzene rings is 2. The third-order valence-corrected chi connectivity index (χ3v) is 7.06. The molecule has 2 saturated heterocycles. The molecule has 0 aromatic heterocycles. The van der Waals surface area contributed by atoms with Crippen molar-refractivity contribution < 1.29 is 13.9 Å². The van der Waals surface area contributed by atoms with Crippen LogP contribution in [0.25, 0.3) is 0 Å². The van der Waals surface area contributed by atoms with Gasteiger partial charge >= 0.3 is 0 Å². The summed E-state index contributed by atoms with van der Waals surface area (Å²) in [4.78, 5) is 17.6. The Morgan fingerprint density at radius 3 is 2.60 bits per heavy atom. The zero-order chi connectivity index (χ0) is 20.7. The lowest BCUT2D eigenvalue weighted by atomic mass is 9.81. The van der Waals surface area contributed by atoms with E-state index in [1.807, 2.05) is 18.2 Å². The van der Waals surface area contributed by atoms with E-state index in [0.29, 0.717) is 23.8 Å². The lowest BCUT2D eigenvalue weighted by molar-refractivity contribution is -0.134. The number of carbonyl (C=O) groups excluding carboxylic acids is 1. The Morgan fingerprint density at radius 2 is 1.90 bits per heavy atom. The third-order valence-electron chi connectivity index (χ3n) is 7.06. The average molecular weight is 409 g/mol. The van der Waals surface area contributed by atoms with E-state index in [0.717, 1.165) is 56.8 Å². The first-order valence-electron chi connectivity index (χ1n) is 11.0. The van der Waals surface area contributed by atoms with E-state index in [2.05, 4.69) is 21.9 Å². The van der Waals surface area contributed by atoms with Crippen molar-refractivity contribution in [2.45, 2.75) is 37.8 Å². The summed E-state index contributed by atoms with van der Waals surface area (Å²) in [5, 5.41) is 0. The molecule has 5 rings (SSSR count). The molecule has 0 spiro atoms. The molecule has 30 heavy (non-hydrogen) atoms. The van der Waals surface area contributed by atoms with Crippen LogP contribution in [0.15, 0.2) is 48.5 Å².